The molecule has 0 aromatic heterocycles. The van der Waals surface area contributed by atoms with Gasteiger partial charge in [0.15, 0.2) is 0 Å². The SMILES string of the molecule is C[C@@H](Nc1cccc(COCCc2ccccc2)c1)C(=O)N1CCNC1=O. The number of hydrogen-bond acceptors (Lipinski definition) is 4. The van der Waals surface area contributed by atoms with Crippen LogP contribution in [-0.2, 0) is 22.6 Å². The number of amides is 3. The molecule has 2 N–H and O–H groups in total. The first-order valence-corrected chi connectivity index (χ1v) is 9.20. The van der Waals surface area contributed by atoms with Gasteiger partial charge in [-0.05, 0) is 36.6 Å². The largest absolute Gasteiger partial charge is 0.376 e. The summed E-state index contributed by atoms with van der Waals surface area (Å²) >= 11 is 0. The van der Waals surface area contributed by atoms with Crippen LogP contribution in [-0.4, -0.2) is 42.6 Å². The van der Waals surface area contributed by atoms with Crippen LogP contribution in [0.5, 0.6) is 0 Å². The summed E-state index contributed by atoms with van der Waals surface area (Å²) in [5.74, 6) is -0.227. The molecular formula is C21H25N3O3. The summed E-state index contributed by atoms with van der Waals surface area (Å²) in [4.78, 5) is 25.2. The van der Waals surface area contributed by atoms with E-state index in [2.05, 4.69) is 22.8 Å². The minimum Gasteiger partial charge on any atom is -0.376 e. The molecule has 0 radical (unpaired) electrons. The topological polar surface area (TPSA) is 70.7 Å². The summed E-state index contributed by atoms with van der Waals surface area (Å²) < 4.78 is 5.77. The molecule has 0 spiro atoms. The second-order valence-electron chi connectivity index (χ2n) is 6.58. The van der Waals surface area contributed by atoms with E-state index in [1.54, 1.807) is 6.92 Å². The predicted molar refractivity (Wildman–Crippen MR) is 104 cm³/mol. The van der Waals surface area contributed by atoms with E-state index in [1.165, 1.54) is 10.5 Å². The molecule has 1 aliphatic rings. The fraction of sp³-hybridized carbons (Fsp3) is 0.333. The van der Waals surface area contributed by atoms with Gasteiger partial charge in [-0.25, -0.2) is 4.79 Å². The van der Waals surface area contributed by atoms with Crippen LogP contribution in [0.2, 0.25) is 0 Å². The highest BCUT2D eigenvalue weighted by Gasteiger charge is 2.29. The molecule has 1 heterocycles. The van der Waals surface area contributed by atoms with Crippen molar-refractivity contribution in [2.24, 2.45) is 0 Å². The van der Waals surface area contributed by atoms with Crippen LogP contribution in [0.25, 0.3) is 0 Å². The third-order valence-electron chi connectivity index (χ3n) is 4.45. The Labute approximate surface area is 159 Å². The lowest BCUT2D eigenvalue weighted by Gasteiger charge is -2.20. The summed E-state index contributed by atoms with van der Waals surface area (Å²) in [5, 5.41) is 5.81. The van der Waals surface area contributed by atoms with E-state index in [4.69, 9.17) is 4.74 Å². The summed E-state index contributed by atoms with van der Waals surface area (Å²) in [7, 11) is 0. The highest BCUT2D eigenvalue weighted by Crippen LogP contribution is 2.14. The molecule has 2 aromatic carbocycles. The van der Waals surface area contributed by atoms with Gasteiger partial charge in [0.2, 0.25) is 0 Å². The molecule has 1 fully saturated rings. The first-order valence-electron chi connectivity index (χ1n) is 9.20. The Hall–Kier alpha value is -2.86. The number of carbonyl (C=O) groups is 2. The van der Waals surface area contributed by atoms with Gasteiger partial charge in [-0.15, -0.1) is 0 Å². The number of imide groups is 1. The van der Waals surface area contributed by atoms with E-state index in [0.29, 0.717) is 26.3 Å². The maximum Gasteiger partial charge on any atom is 0.324 e. The van der Waals surface area contributed by atoms with Crippen molar-refractivity contribution < 1.29 is 14.3 Å². The molecule has 0 bridgehead atoms. The van der Waals surface area contributed by atoms with E-state index < -0.39 is 6.04 Å². The van der Waals surface area contributed by atoms with E-state index in [9.17, 15) is 9.59 Å². The van der Waals surface area contributed by atoms with Crippen LogP contribution in [0.4, 0.5) is 10.5 Å². The number of anilines is 1. The molecule has 0 aliphatic carbocycles. The third-order valence-corrected chi connectivity index (χ3v) is 4.45. The Morgan fingerprint density at radius 1 is 1.19 bits per heavy atom. The van der Waals surface area contributed by atoms with Gasteiger partial charge in [0.1, 0.15) is 6.04 Å². The molecule has 3 amide bonds. The third kappa shape index (κ3) is 5.31. The Morgan fingerprint density at radius 3 is 2.70 bits per heavy atom. The summed E-state index contributed by atoms with van der Waals surface area (Å²) in [5.41, 5.74) is 3.12. The average molecular weight is 367 g/mol. The Bertz CT molecular complexity index is 779. The standard InChI is InChI=1S/C21H25N3O3/c1-16(20(25)24-12-11-22-21(24)26)23-19-9-5-8-18(14-19)15-27-13-10-17-6-3-2-4-7-17/h2-9,14,16,23H,10-13,15H2,1H3,(H,22,26)/t16-/m1/s1. The minimum absolute atomic E-state index is 0.227. The average Bonchev–Trinajstić information content (AvgIpc) is 3.11. The number of nitrogens with one attached hydrogen (secondary N) is 2. The van der Waals surface area contributed by atoms with Crippen molar-refractivity contribution in [3.8, 4) is 0 Å². The zero-order valence-electron chi connectivity index (χ0n) is 15.5. The van der Waals surface area contributed by atoms with Crippen molar-refractivity contribution in [2.45, 2.75) is 26.0 Å². The second-order valence-corrected chi connectivity index (χ2v) is 6.58. The summed E-state index contributed by atoms with van der Waals surface area (Å²) in [6, 6.07) is 17.2. The molecule has 27 heavy (non-hydrogen) atoms. The van der Waals surface area contributed by atoms with Gasteiger partial charge >= 0.3 is 6.03 Å². The molecule has 3 rings (SSSR count). The van der Waals surface area contributed by atoms with Crippen LogP contribution in [0, 0.1) is 0 Å². The minimum atomic E-state index is -0.483. The molecule has 0 unspecified atom stereocenters. The molecule has 1 atom stereocenters. The van der Waals surface area contributed by atoms with Crippen LogP contribution in [0.15, 0.2) is 54.6 Å². The monoisotopic (exact) mass is 367 g/mol. The maximum atomic E-state index is 12.4. The molecule has 1 saturated heterocycles. The predicted octanol–water partition coefficient (Wildman–Crippen LogP) is 2.80. The zero-order chi connectivity index (χ0) is 19.1. The highest BCUT2D eigenvalue weighted by molar-refractivity contribution is 5.99. The number of nitrogens with zero attached hydrogens (tertiary/aromatic N) is 1. The first kappa shape index (κ1) is 18.9. The zero-order valence-corrected chi connectivity index (χ0v) is 15.5. The van der Waals surface area contributed by atoms with Gasteiger partial charge in [-0.2, -0.15) is 0 Å². The normalized spacial score (nSPS) is 14.7. The van der Waals surface area contributed by atoms with E-state index in [-0.39, 0.29) is 11.9 Å². The highest BCUT2D eigenvalue weighted by atomic mass is 16.5. The van der Waals surface area contributed by atoms with Crippen molar-refractivity contribution in [1.29, 1.82) is 0 Å². The molecule has 1 aliphatic heterocycles. The summed E-state index contributed by atoms with van der Waals surface area (Å²) in [6.07, 6.45) is 0.877. The quantitative estimate of drug-likeness (QED) is 0.704. The smallest absolute Gasteiger partial charge is 0.324 e. The Balaban J connectivity index is 1.48. The van der Waals surface area contributed by atoms with Gasteiger partial charge in [0.05, 0.1) is 13.2 Å². The molecule has 142 valence electrons. The Kier molecular flexibility index (Phi) is 6.44. The first-order chi connectivity index (χ1) is 13.1. The number of rotatable bonds is 8. The van der Waals surface area contributed by atoms with Crippen molar-refractivity contribution in [2.75, 3.05) is 25.0 Å². The van der Waals surface area contributed by atoms with Crippen molar-refractivity contribution in [3.05, 3.63) is 65.7 Å². The van der Waals surface area contributed by atoms with Gasteiger partial charge in [-0.1, -0.05) is 42.5 Å². The van der Waals surface area contributed by atoms with Gasteiger partial charge in [0.25, 0.3) is 5.91 Å². The van der Waals surface area contributed by atoms with E-state index >= 15 is 0 Å². The Morgan fingerprint density at radius 2 is 1.96 bits per heavy atom. The molecule has 6 heteroatoms. The number of carbonyl (C=O) groups excluding carboxylic acids is 2. The van der Waals surface area contributed by atoms with Crippen LogP contribution in [0.1, 0.15) is 18.1 Å². The van der Waals surface area contributed by atoms with Crippen LogP contribution < -0.4 is 10.6 Å². The molecular weight excluding hydrogens is 342 g/mol. The lowest BCUT2D eigenvalue weighted by Crippen LogP contribution is -2.43. The van der Waals surface area contributed by atoms with Crippen LogP contribution in [0.3, 0.4) is 0 Å². The van der Waals surface area contributed by atoms with Crippen molar-refractivity contribution in [3.63, 3.8) is 0 Å². The second kappa shape index (κ2) is 9.19. The summed E-state index contributed by atoms with van der Waals surface area (Å²) in [6.45, 7) is 3.85. The van der Waals surface area contributed by atoms with Gasteiger partial charge in [-0.3, -0.25) is 9.69 Å². The van der Waals surface area contributed by atoms with E-state index in [0.717, 1.165) is 17.7 Å². The lowest BCUT2D eigenvalue weighted by molar-refractivity contribution is -0.128. The number of hydrogen-bond donors (Lipinski definition) is 2. The fourth-order valence-electron chi connectivity index (χ4n) is 3.00. The molecule has 6 nitrogen and oxygen atoms in total. The van der Waals surface area contributed by atoms with Crippen molar-refractivity contribution in [1.82, 2.24) is 10.2 Å². The molecule has 2 aromatic rings. The van der Waals surface area contributed by atoms with Gasteiger partial charge < -0.3 is 15.4 Å². The number of benzene rings is 2. The molecule has 0 saturated carbocycles. The number of ether oxygens (including phenoxy) is 1. The van der Waals surface area contributed by atoms with Gasteiger partial charge in [0, 0.05) is 18.8 Å². The number of urea groups is 1. The maximum absolute atomic E-state index is 12.4. The van der Waals surface area contributed by atoms with Crippen LogP contribution >= 0.6 is 0 Å². The van der Waals surface area contributed by atoms with Crippen molar-refractivity contribution >= 4 is 17.6 Å². The van der Waals surface area contributed by atoms with E-state index in [1.807, 2.05) is 42.5 Å². The lowest BCUT2D eigenvalue weighted by atomic mass is 10.1. The fourth-order valence-corrected chi connectivity index (χ4v) is 3.00.